The molecule has 2 aromatic heterocycles. The first-order valence-electron chi connectivity index (χ1n) is 10.4. The molecule has 7 nitrogen and oxygen atoms in total. The second-order valence-electron chi connectivity index (χ2n) is 7.82. The first kappa shape index (κ1) is 21.8. The van der Waals surface area contributed by atoms with Crippen molar-refractivity contribution in [2.45, 2.75) is 32.4 Å². The summed E-state index contributed by atoms with van der Waals surface area (Å²) in [6.45, 7) is 4.57. The van der Waals surface area contributed by atoms with Crippen molar-refractivity contribution in [2.24, 2.45) is 0 Å². The van der Waals surface area contributed by atoms with Crippen molar-refractivity contribution in [2.75, 3.05) is 13.7 Å². The van der Waals surface area contributed by atoms with Gasteiger partial charge in [-0.25, -0.2) is 0 Å². The number of methoxy groups -OCH3 is 1. The lowest BCUT2D eigenvalue weighted by atomic mass is 9.96. The van der Waals surface area contributed by atoms with Crippen LogP contribution in [-0.2, 0) is 9.53 Å². The molecule has 0 spiro atoms. The Morgan fingerprint density at radius 3 is 2.62 bits per heavy atom. The number of aromatic nitrogens is 2. The Balaban J connectivity index is 1.78. The minimum absolute atomic E-state index is 0.140. The van der Waals surface area contributed by atoms with E-state index in [1.165, 1.54) is 7.11 Å². The molecular weight excluding hydrogens is 424 g/mol. The lowest BCUT2D eigenvalue weighted by Crippen LogP contribution is -2.32. The van der Waals surface area contributed by atoms with Gasteiger partial charge in [-0.05, 0) is 74.1 Å². The van der Waals surface area contributed by atoms with Gasteiger partial charge in [0.2, 0.25) is 0 Å². The van der Waals surface area contributed by atoms with Crippen LogP contribution < -0.4 is 5.32 Å². The van der Waals surface area contributed by atoms with Crippen LogP contribution in [0.4, 0.5) is 0 Å². The van der Waals surface area contributed by atoms with E-state index in [9.17, 15) is 9.90 Å². The van der Waals surface area contributed by atoms with Crippen LogP contribution in [0.2, 0.25) is 0 Å². The zero-order chi connectivity index (χ0) is 22.8. The molecule has 0 aliphatic carbocycles. The number of ether oxygens (including phenoxy) is 1. The highest BCUT2D eigenvalue weighted by Gasteiger charge is 2.41. The maximum absolute atomic E-state index is 11.9. The third-order valence-electron chi connectivity index (χ3n) is 5.88. The first-order chi connectivity index (χ1) is 15.4. The Kier molecular flexibility index (Phi) is 6.14. The maximum Gasteiger partial charge on any atom is 0.307 e. The number of benzene rings is 1. The van der Waals surface area contributed by atoms with Crippen LogP contribution in [0, 0.1) is 13.8 Å². The predicted octanol–water partition coefficient (Wildman–Crippen LogP) is 3.73. The molecule has 8 heteroatoms. The number of aryl methyl sites for hydroxylation is 1. The molecule has 0 bridgehead atoms. The number of aromatic hydroxyl groups is 1. The number of nitrogens with one attached hydrogen (secondary N) is 1. The Bertz CT molecular complexity index is 1130. The summed E-state index contributed by atoms with van der Waals surface area (Å²) in [5.74, 6) is -0.0478. The molecule has 1 saturated heterocycles. The zero-order valence-electron chi connectivity index (χ0n) is 18.3. The molecule has 1 aliphatic heterocycles. The van der Waals surface area contributed by atoms with E-state index < -0.39 is 0 Å². The molecule has 0 radical (unpaired) electrons. The number of carbonyl (C=O) groups excluding carboxylic acids is 1. The molecule has 4 rings (SSSR count). The molecule has 0 amide bonds. The fourth-order valence-electron chi connectivity index (χ4n) is 4.38. The van der Waals surface area contributed by atoms with Crippen LogP contribution in [0.1, 0.15) is 41.1 Å². The molecule has 1 fully saturated rings. The summed E-state index contributed by atoms with van der Waals surface area (Å²) in [6, 6.07) is 14.8. The third kappa shape index (κ3) is 4.05. The Morgan fingerprint density at radius 2 is 1.97 bits per heavy atom. The lowest BCUT2D eigenvalue weighted by Gasteiger charge is -2.28. The monoisotopic (exact) mass is 450 g/mol. The molecule has 1 aromatic carbocycles. The van der Waals surface area contributed by atoms with Crippen LogP contribution >= 0.6 is 12.2 Å². The van der Waals surface area contributed by atoms with Crippen LogP contribution in [-0.4, -0.2) is 44.3 Å². The van der Waals surface area contributed by atoms with Gasteiger partial charge >= 0.3 is 5.97 Å². The summed E-state index contributed by atoms with van der Waals surface area (Å²) in [4.78, 5) is 18.5. The second-order valence-corrected chi connectivity index (χ2v) is 8.21. The van der Waals surface area contributed by atoms with Gasteiger partial charge < -0.3 is 24.6 Å². The SMILES string of the molecule is COC(=O)CCN1C(=S)NC(c2ccccn2)C1c1cc(C)n(-c2ccc(O)cc2)c1C. The summed E-state index contributed by atoms with van der Waals surface area (Å²) in [6.07, 6.45) is 2.01. The molecule has 2 unspecified atom stereocenters. The number of phenolic OH excluding ortho intramolecular Hbond substituents is 1. The van der Waals surface area contributed by atoms with Gasteiger partial charge in [0, 0.05) is 29.8 Å². The summed E-state index contributed by atoms with van der Waals surface area (Å²) < 4.78 is 7.00. The number of hydrogen-bond donors (Lipinski definition) is 2. The third-order valence-corrected chi connectivity index (χ3v) is 6.23. The maximum atomic E-state index is 11.9. The average Bonchev–Trinajstić information content (AvgIpc) is 3.28. The van der Waals surface area contributed by atoms with E-state index in [1.54, 1.807) is 18.3 Å². The van der Waals surface area contributed by atoms with Gasteiger partial charge in [-0.15, -0.1) is 0 Å². The number of thiocarbonyl (C=S) groups is 1. The second kappa shape index (κ2) is 9.00. The van der Waals surface area contributed by atoms with Crippen molar-refractivity contribution in [3.05, 3.63) is 77.4 Å². The highest BCUT2D eigenvalue weighted by Crippen LogP contribution is 2.41. The van der Waals surface area contributed by atoms with Crippen LogP contribution in [0.25, 0.3) is 5.69 Å². The molecule has 2 N–H and O–H groups in total. The average molecular weight is 451 g/mol. The van der Waals surface area contributed by atoms with Crippen LogP contribution in [0.5, 0.6) is 5.75 Å². The van der Waals surface area contributed by atoms with E-state index in [2.05, 4.69) is 39.7 Å². The fraction of sp³-hybridized carbons (Fsp3) is 0.292. The van der Waals surface area contributed by atoms with Gasteiger partial charge in [-0.2, -0.15) is 0 Å². The van der Waals surface area contributed by atoms with Gasteiger partial charge in [0.15, 0.2) is 5.11 Å². The smallest absolute Gasteiger partial charge is 0.307 e. The largest absolute Gasteiger partial charge is 0.508 e. The Labute approximate surface area is 192 Å². The standard InChI is InChI=1S/C24H26N4O3S/c1-15-14-19(16(2)28(15)17-7-9-18(29)10-8-17)23-22(20-6-4-5-12-25-20)26-24(32)27(23)13-11-21(30)31-3/h4-10,12,14,22-23,29H,11,13H2,1-3H3,(H,26,32). The lowest BCUT2D eigenvalue weighted by molar-refractivity contribution is -0.140. The molecule has 1 aliphatic rings. The number of carbonyl (C=O) groups is 1. The minimum atomic E-state index is -0.276. The number of hydrogen-bond acceptors (Lipinski definition) is 5. The quantitative estimate of drug-likeness (QED) is 0.438. The molecule has 0 saturated carbocycles. The van der Waals surface area contributed by atoms with Crippen molar-refractivity contribution in [1.29, 1.82) is 0 Å². The van der Waals surface area contributed by atoms with E-state index in [0.29, 0.717) is 11.7 Å². The van der Waals surface area contributed by atoms with Gasteiger partial charge in [-0.3, -0.25) is 9.78 Å². The van der Waals surface area contributed by atoms with Crippen molar-refractivity contribution in [1.82, 2.24) is 19.8 Å². The summed E-state index contributed by atoms with van der Waals surface area (Å²) in [7, 11) is 1.39. The number of esters is 1. The number of rotatable bonds is 6. The first-order valence-corrected chi connectivity index (χ1v) is 10.8. The molecule has 32 heavy (non-hydrogen) atoms. The van der Waals surface area contributed by atoms with E-state index in [1.807, 2.05) is 30.3 Å². The normalized spacial score (nSPS) is 18.0. The molecule has 2 atom stereocenters. The van der Waals surface area contributed by atoms with Gasteiger partial charge in [0.25, 0.3) is 0 Å². The van der Waals surface area contributed by atoms with Crippen molar-refractivity contribution in [3.8, 4) is 11.4 Å². The van der Waals surface area contributed by atoms with Crippen LogP contribution in [0.15, 0.2) is 54.7 Å². The molecule has 3 heterocycles. The van der Waals surface area contributed by atoms with Gasteiger partial charge in [0.1, 0.15) is 5.75 Å². The summed E-state index contributed by atoms with van der Waals surface area (Å²) in [5, 5.41) is 13.7. The van der Waals surface area contributed by atoms with E-state index in [0.717, 1.165) is 28.3 Å². The Hall–Kier alpha value is -3.39. The topological polar surface area (TPSA) is 79.6 Å². The van der Waals surface area contributed by atoms with E-state index in [-0.39, 0.29) is 30.2 Å². The number of pyridine rings is 1. The van der Waals surface area contributed by atoms with Crippen molar-refractivity contribution >= 4 is 23.3 Å². The Morgan fingerprint density at radius 1 is 1.22 bits per heavy atom. The van der Waals surface area contributed by atoms with Crippen molar-refractivity contribution in [3.63, 3.8) is 0 Å². The summed E-state index contributed by atoms with van der Waals surface area (Å²) >= 11 is 5.67. The highest BCUT2D eigenvalue weighted by atomic mass is 32.1. The van der Waals surface area contributed by atoms with Crippen LogP contribution in [0.3, 0.4) is 0 Å². The molecular formula is C24H26N4O3S. The molecule has 3 aromatic rings. The van der Waals surface area contributed by atoms with Gasteiger partial charge in [0.05, 0.1) is 31.3 Å². The minimum Gasteiger partial charge on any atom is -0.508 e. The zero-order valence-corrected chi connectivity index (χ0v) is 19.1. The summed E-state index contributed by atoms with van der Waals surface area (Å²) in [5.41, 5.74) is 5.08. The number of phenols is 1. The van der Waals surface area contributed by atoms with E-state index >= 15 is 0 Å². The highest BCUT2D eigenvalue weighted by molar-refractivity contribution is 7.80. The van der Waals surface area contributed by atoms with Crippen molar-refractivity contribution < 1.29 is 14.6 Å². The number of nitrogens with zero attached hydrogens (tertiary/aromatic N) is 3. The predicted molar refractivity (Wildman–Crippen MR) is 126 cm³/mol. The molecule has 166 valence electrons. The van der Waals surface area contributed by atoms with Gasteiger partial charge in [-0.1, -0.05) is 6.07 Å². The van der Waals surface area contributed by atoms with E-state index in [4.69, 9.17) is 17.0 Å². The fourth-order valence-corrected chi connectivity index (χ4v) is 4.72.